The molecular weight excluding hydrogens is 227 g/mol. The Bertz CT molecular complexity index is 363. The molecule has 0 spiro atoms. The molecule has 0 amide bonds. The van der Waals surface area contributed by atoms with Gasteiger partial charge in [0.25, 0.3) is 0 Å². The maximum Gasteiger partial charge on any atom is 0.132 e. The third-order valence-electron chi connectivity index (χ3n) is 2.44. The first-order valence-corrected chi connectivity index (χ1v) is 5.97. The molecule has 0 heterocycles. The van der Waals surface area contributed by atoms with E-state index >= 15 is 0 Å². The molecule has 88 valence electrons. The van der Waals surface area contributed by atoms with Gasteiger partial charge in [0, 0.05) is 17.9 Å². The topological polar surface area (TPSA) is 17.1 Å². The fourth-order valence-electron chi connectivity index (χ4n) is 1.61. The molecule has 1 nitrogen and oxygen atoms in total. The van der Waals surface area contributed by atoms with Crippen LogP contribution in [0.25, 0.3) is 0 Å². The number of hydrogen-bond donors (Lipinski definition) is 0. The number of ketones is 1. The largest absolute Gasteiger partial charge is 0.300 e. The second kappa shape index (κ2) is 6.64. The normalized spacial score (nSPS) is 10.4. The molecule has 1 aromatic rings. The number of aryl methyl sites for hydroxylation is 1. The predicted molar refractivity (Wildman–Crippen MR) is 64.3 cm³/mol. The molecule has 0 aliphatic carbocycles. The van der Waals surface area contributed by atoms with Gasteiger partial charge >= 0.3 is 0 Å². The van der Waals surface area contributed by atoms with Crippen LogP contribution in [0.2, 0.25) is 5.02 Å². The minimum absolute atomic E-state index is 0.273. The Morgan fingerprint density at radius 3 is 2.81 bits per heavy atom. The Hall–Kier alpha value is -0.890. The average Bonchev–Trinajstić information content (AvgIpc) is 2.23. The van der Waals surface area contributed by atoms with Crippen molar-refractivity contribution in [1.82, 2.24) is 0 Å². The Morgan fingerprint density at radius 1 is 1.38 bits per heavy atom. The van der Waals surface area contributed by atoms with E-state index < -0.39 is 0 Å². The van der Waals surface area contributed by atoms with Crippen molar-refractivity contribution in [3.8, 4) is 0 Å². The zero-order valence-corrected chi connectivity index (χ0v) is 10.2. The highest BCUT2D eigenvalue weighted by Crippen LogP contribution is 2.19. The first-order chi connectivity index (χ1) is 7.63. The molecular formula is C13H16ClFO. The molecule has 0 saturated carbocycles. The summed E-state index contributed by atoms with van der Waals surface area (Å²) in [5.41, 5.74) is 0.783. The van der Waals surface area contributed by atoms with Gasteiger partial charge in [-0.25, -0.2) is 4.39 Å². The summed E-state index contributed by atoms with van der Waals surface area (Å²) in [6, 6.07) is 4.33. The third-order valence-corrected chi connectivity index (χ3v) is 2.81. The number of Topliss-reactive ketones (excluding diaryl/α,β-unsaturated/α-hetero) is 1. The Kier molecular flexibility index (Phi) is 5.47. The minimum Gasteiger partial charge on any atom is -0.300 e. The number of rotatable bonds is 6. The van der Waals surface area contributed by atoms with Crippen LogP contribution in [0.4, 0.5) is 4.39 Å². The Labute approximate surface area is 101 Å². The van der Waals surface area contributed by atoms with Gasteiger partial charge in [-0.15, -0.1) is 0 Å². The summed E-state index contributed by atoms with van der Waals surface area (Å²) < 4.78 is 12.9. The van der Waals surface area contributed by atoms with Crippen LogP contribution in [-0.4, -0.2) is 5.78 Å². The quantitative estimate of drug-likeness (QED) is 0.732. The van der Waals surface area contributed by atoms with Crippen molar-refractivity contribution in [3.63, 3.8) is 0 Å². The highest BCUT2D eigenvalue weighted by Gasteiger charge is 2.04. The summed E-state index contributed by atoms with van der Waals surface area (Å²) >= 11 is 5.92. The average molecular weight is 243 g/mol. The second-order valence-electron chi connectivity index (χ2n) is 3.88. The minimum atomic E-state index is -0.278. The van der Waals surface area contributed by atoms with Crippen molar-refractivity contribution >= 4 is 17.4 Å². The first-order valence-electron chi connectivity index (χ1n) is 5.59. The lowest BCUT2D eigenvalue weighted by Gasteiger charge is -2.04. The lowest BCUT2D eigenvalue weighted by atomic mass is 10.0. The van der Waals surface area contributed by atoms with Gasteiger partial charge in [0.05, 0.1) is 0 Å². The maximum absolute atomic E-state index is 12.9. The van der Waals surface area contributed by atoms with Crippen LogP contribution in [0.1, 0.15) is 38.2 Å². The number of halogens is 2. The molecule has 0 saturated heterocycles. The van der Waals surface area contributed by atoms with Gasteiger partial charge in [0.15, 0.2) is 0 Å². The van der Waals surface area contributed by atoms with Crippen molar-refractivity contribution < 1.29 is 9.18 Å². The summed E-state index contributed by atoms with van der Waals surface area (Å²) in [5, 5.41) is 0.573. The summed E-state index contributed by atoms with van der Waals surface area (Å²) in [6.07, 6.45) is 3.48. The van der Waals surface area contributed by atoms with Crippen molar-refractivity contribution in [1.29, 1.82) is 0 Å². The molecule has 0 fully saturated rings. The van der Waals surface area contributed by atoms with Crippen molar-refractivity contribution in [2.45, 2.75) is 39.0 Å². The fraction of sp³-hybridized carbons (Fsp3) is 0.462. The third kappa shape index (κ3) is 4.31. The highest BCUT2D eigenvalue weighted by atomic mass is 35.5. The van der Waals surface area contributed by atoms with Gasteiger partial charge in [0.2, 0.25) is 0 Å². The van der Waals surface area contributed by atoms with E-state index in [4.69, 9.17) is 11.6 Å². The molecule has 0 aromatic heterocycles. The van der Waals surface area contributed by atoms with Gasteiger partial charge in [-0.1, -0.05) is 18.5 Å². The van der Waals surface area contributed by atoms with Gasteiger partial charge < -0.3 is 0 Å². The number of carbonyl (C=O) groups excluding carboxylic acids is 1. The molecule has 1 rings (SSSR count). The monoisotopic (exact) mass is 242 g/mol. The van der Waals surface area contributed by atoms with Crippen LogP contribution in [0.5, 0.6) is 0 Å². The van der Waals surface area contributed by atoms with Crippen LogP contribution < -0.4 is 0 Å². The summed E-state index contributed by atoms with van der Waals surface area (Å²) in [7, 11) is 0. The zero-order chi connectivity index (χ0) is 12.0. The molecule has 0 unspecified atom stereocenters. The summed E-state index contributed by atoms with van der Waals surface area (Å²) in [4.78, 5) is 11.3. The Balaban J connectivity index is 2.42. The molecule has 0 aliphatic rings. The van der Waals surface area contributed by atoms with E-state index in [1.807, 2.05) is 6.92 Å². The molecule has 16 heavy (non-hydrogen) atoms. The van der Waals surface area contributed by atoms with E-state index in [2.05, 4.69) is 0 Å². The van der Waals surface area contributed by atoms with Crippen LogP contribution in [-0.2, 0) is 11.2 Å². The summed E-state index contributed by atoms with van der Waals surface area (Å²) in [6.45, 7) is 1.99. The van der Waals surface area contributed by atoms with Crippen molar-refractivity contribution in [3.05, 3.63) is 34.6 Å². The van der Waals surface area contributed by atoms with Crippen molar-refractivity contribution in [2.75, 3.05) is 0 Å². The van der Waals surface area contributed by atoms with Gasteiger partial charge in [-0.3, -0.25) is 4.79 Å². The lowest BCUT2D eigenvalue weighted by Crippen LogP contribution is -1.98. The van der Waals surface area contributed by atoms with Gasteiger partial charge in [-0.2, -0.15) is 0 Å². The number of benzene rings is 1. The molecule has 3 heteroatoms. The van der Waals surface area contributed by atoms with Crippen LogP contribution >= 0.6 is 11.6 Å². The second-order valence-corrected chi connectivity index (χ2v) is 4.29. The van der Waals surface area contributed by atoms with E-state index in [1.165, 1.54) is 12.1 Å². The molecule has 0 aliphatic heterocycles. The van der Waals surface area contributed by atoms with Gasteiger partial charge in [0.1, 0.15) is 11.6 Å². The highest BCUT2D eigenvalue weighted by molar-refractivity contribution is 6.31. The lowest BCUT2D eigenvalue weighted by molar-refractivity contribution is -0.119. The molecule has 0 N–H and O–H groups in total. The molecule has 0 radical (unpaired) electrons. The van der Waals surface area contributed by atoms with Gasteiger partial charge in [-0.05, 0) is 43.0 Å². The zero-order valence-electron chi connectivity index (χ0n) is 9.43. The van der Waals surface area contributed by atoms with E-state index in [0.29, 0.717) is 24.3 Å². The number of hydrogen-bond acceptors (Lipinski definition) is 1. The fourth-order valence-corrected chi connectivity index (χ4v) is 1.83. The van der Waals surface area contributed by atoms with E-state index in [-0.39, 0.29) is 11.6 Å². The molecule has 1 aromatic carbocycles. The Morgan fingerprint density at radius 2 is 2.12 bits per heavy atom. The standard InChI is InChI=1S/C13H16ClFO/c1-2-4-12(16)6-3-5-10-9-11(15)7-8-13(10)14/h7-9H,2-6H2,1H3. The van der Waals surface area contributed by atoms with Crippen LogP contribution in [0.15, 0.2) is 18.2 Å². The van der Waals surface area contributed by atoms with Crippen molar-refractivity contribution in [2.24, 2.45) is 0 Å². The van der Waals surface area contributed by atoms with Crippen LogP contribution in [0.3, 0.4) is 0 Å². The predicted octanol–water partition coefficient (Wildman–Crippen LogP) is 4.17. The smallest absolute Gasteiger partial charge is 0.132 e. The van der Waals surface area contributed by atoms with Crippen LogP contribution in [0, 0.1) is 5.82 Å². The maximum atomic E-state index is 12.9. The van der Waals surface area contributed by atoms with E-state index in [9.17, 15) is 9.18 Å². The molecule has 0 bridgehead atoms. The summed E-state index contributed by atoms with van der Waals surface area (Å²) in [5.74, 6) is -0.00527. The van der Waals surface area contributed by atoms with E-state index in [1.54, 1.807) is 6.07 Å². The molecule has 0 atom stereocenters. The SMILES string of the molecule is CCCC(=O)CCCc1cc(F)ccc1Cl. The van der Waals surface area contributed by atoms with E-state index in [0.717, 1.165) is 18.4 Å². The first kappa shape index (κ1) is 13.2. The number of carbonyl (C=O) groups is 1.